The van der Waals surface area contributed by atoms with Gasteiger partial charge in [-0.25, -0.2) is 0 Å². The van der Waals surface area contributed by atoms with Gasteiger partial charge in [-0.3, -0.25) is 0 Å². The molecule has 0 aromatic heterocycles. The fourth-order valence-corrected chi connectivity index (χ4v) is 0.321. The minimum atomic E-state index is -4.36. The second-order valence-electron chi connectivity index (χ2n) is 1.13. The molecule has 9 heteroatoms. The maximum absolute atomic E-state index is 11.2. The first kappa shape index (κ1) is 8.78. The summed E-state index contributed by atoms with van der Waals surface area (Å²) in [5, 5.41) is 2.18. The van der Waals surface area contributed by atoms with Crippen molar-refractivity contribution in [1.82, 2.24) is 20.8 Å². The number of nitrogens with one attached hydrogen (secondary N) is 4. The molecule has 0 aliphatic heterocycles. The number of halogens is 4. The lowest BCUT2D eigenvalue weighted by molar-refractivity contribution is 0.263. The zero-order valence-corrected chi connectivity index (χ0v) is 5.01. The third-order valence-corrected chi connectivity index (χ3v) is 1.70. The molecule has 0 aromatic carbocycles. The molecule has 0 radical (unpaired) electrons. The molecule has 4 nitrogen and oxygen atoms in total. The van der Waals surface area contributed by atoms with Gasteiger partial charge in [-0.1, -0.05) is 0 Å². The summed E-state index contributed by atoms with van der Waals surface area (Å²) in [5.41, 5.74) is 0. The lowest BCUT2D eigenvalue weighted by Gasteiger charge is -2.15. The van der Waals surface area contributed by atoms with Gasteiger partial charge in [0.1, 0.15) is 0 Å². The fraction of sp³-hybridized carbons (Fsp3) is 0. The van der Waals surface area contributed by atoms with Crippen molar-refractivity contribution in [1.29, 1.82) is 0 Å². The summed E-state index contributed by atoms with van der Waals surface area (Å²) in [6.45, 7) is 0. The van der Waals surface area contributed by atoms with Crippen molar-refractivity contribution in [3.05, 3.63) is 0 Å². The standard InChI is InChI=1S/F4H4N4Si/c1-5-9(6-2,7-3)8-4/h5-8H. The fourth-order valence-electron chi connectivity index (χ4n) is 0.107. The van der Waals surface area contributed by atoms with E-state index < -0.39 is 8.72 Å². The highest BCUT2D eigenvalue weighted by Crippen LogP contribution is 1.83. The van der Waals surface area contributed by atoms with Crippen LogP contribution in [-0.4, -0.2) is 8.72 Å². The van der Waals surface area contributed by atoms with Crippen molar-refractivity contribution in [2.24, 2.45) is 0 Å². The van der Waals surface area contributed by atoms with Gasteiger partial charge in [-0.05, 0) is 0 Å². The Balaban J connectivity index is 3.82. The Morgan fingerprint density at radius 2 is 0.889 bits per heavy atom. The summed E-state index contributed by atoms with van der Waals surface area (Å²) in [7, 11) is -4.36. The minimum Gasteiger partial charge on any atom is -0.142 e. The molecule has 0 aliphatic carbocycles. The Hall–Kier alpha value is -0.223. The van der Waals surface area contributed by atoms with E-state index in [1.54, 1.807) is 0 Å². The Bertz CT molecular complexity index is 55.5. The van der Waals surface area contributed by atoms with Gasteiger partial charge in [-0.15, -0.1) is 38.7 Å². The Kier molecular flexibility index (Phi) is 3.64. The van der Waals surface area contributed by atoms with Crippen LogP contribution in [0, 0.1) is 0 Å². The van der Waals surface area contributed by atoms with E-state index in [4.69, 9.17) is 0 Å². The average Bonchev–Trinajstić information content (AvgIpc) is 1.95. The smallest absolute Gasteiger partial charge is 0.142 e. The summed E-state index contributed by atoms with van der Waals surface area (Å²) in [6.07, 6.45) is 0. The van der Waals surface area contributed by atoms with Crippen LogP contribution >= 0.6 is 0 Å². The van der Waals surface area contributed by atoms with Crippen LogP contribution in [0.1, 0.15) is 0 Å². The van der Waals surface area contributed by atoms with Gasteiger partial charge in [0.05, 0.1) is 0 Å². The zero-order valence-electron chi connectivity index (χ0n) is 4.01. The van der Waals surface area contributed by atoms with Gasteiger partial charge in [0, 0.05) is 0 Å². The van der Waals surface area contributed by atoms with Crippen LogP contribution in [0.2, 0.25) is 0 Å². The number of hydrogen-bond acceptors (Lipinski definition) is 4. The lowest BCUT2D eigenvalue weighted by atomic mass is 13.6. The second-order valence-corrected chi connectivity index (χ2v) is 3.38. The van der Waals surface area contributed by atoms with Gasteiger partial charge in [0.25, 0.3) is 0 Å². The molecule has 0 amide bonds. The molecule has 0 aromatic rings. The first-order valence-electron chi connectivity index (χ1n) is 1.76. The Morgan fingerprint density at radius 3 is 0.889 bits per heavy atom. The van der Waals surface area contributed by atoms with Crippen molar-refractivity contribution in [2.45, 2.75) is 0 Å². The lowest BCUT2D eigenvalue weighted by Crippen LogP contribution is -2.73. The molecule has 0 saturated heterocycles. The highest BCUT2D eigenvalue weighted by atomic mass is 28.4. The molecule has 0 heterocycles. The van der Waals surface area contributed by atoms with E-state index in [-0.39, 0.29) is 0 Å². The number of rotatable bonds is 4. The maximum Gasteiger partial charge on any atom is 0.478 e. The second kappa shape index (κ2) is 3.74. The van der Waals surface area contributed by atoms with Crippen LogP contribution in [0.4, 0.5) is 17.9 Å². The molecule has 0 bridgehead atoms. The molecule has 0 rings (SSSR count). The highest BCUT2D eigenvalue weighted by molar-refractivity contribution is 6.68. The first-order valence-corrected chi connectivity index (χ1v) is 3.76. The van der Waals surface area contributed by atoms with E-state index in [1.165, 1.54) is 0 Å². The predicted octanol–water partition coefficient (Wildman–Crippen LogP) is -0.682. The van der Waals surface area contributed by atoms with Gasteiger partial charge in [-0.2, -0.15) is 0 Å². The van der Waals surface area contributed by atoms with Gasteiger partial charge < -0.3 is 0 Å². The van der Waals surface area contributed by atoms with Crippen molar-refractivity contribution in [3.63, 3.8) is 0 Å². The van der Waals surface area contributed by atoms with Crippen LogP contribution in [0.3, 0.4) is 0 Å². The zero-order chi connectivity index (χ0) is 7.33. The van der Waals surface area contributed by atoms with Crippen LogP contribution in [-0.2, 0) is 0 Å². The monoisotopic (exact) mass is 164 g/mol. The third kappa shape index (κ3) is 1.87. The summed E-state index contributed by atoms with van der Waals surface area (Å²) in [4.78, 5) is 0. The predicted molar refractivity (Wildman–Crippen MR) is 22.7 cm³/mol. The molecule has 0 saturated carbocycles. The van der Waals surface area contributed by atoms with Crippen molar-refractivity contribution >= 4 is 8.72 Å². The van der Waals surface area contributed by atoms with Gasteiger partial charge in [0.15, 0.2) is 0 Å². The minimum absolute atomic E-state index is 0.545. The van der Waals surface area contributed by atoms with E-state index in [0.717, 1.165) is 0 Å². The topological polar surface area (TPSA) is 48.1 Å². The van der Waals surface area contributed by atoms with Crippen LogP contribution in [0.15, 0.2) is 0 Å². The number of hydrogen-bond donors (Lipinski definition) is 4. The summed E-state index contributed by atoms with van der Waals surface area (Å²) in [5.74, 6) is 0. The van der Waals surface area contributed by atoms with Crippen LogP contribution in [0.25, 0.3) is 0 Å². The summed E-state index contributed by atoms with van der Waals surface area (Å²) in [6, 6.07) is 0. The summed E-state index contributed by atoms with van der Waals surface area (Å²) < 4.78 is 44.9. The molecule has 0 spiro atoms. The summed E-state index contributed by atoms with van der Waals surface area (Å²) >= 11 is 0. The van der Waals surface area contributed by atoms with Gasteiger partial charge in [0.2, 0.25) is 0 Å². The Labute approximate surface area is 48.7 Å². The molecular weight excluding hydrogens is 160 g/mol. The van der Waals surface area contributed by atoms with E-state index in [0.29, 0.717) is 20.8 Å². The van der Waals surface area contributed by atoms with Gasteiger partial charge >= 0.3 is 8.72 Å². The molecule has 0 unspecified atom stereocenters. The van der Waals surface area contributed by atoms with E-state index in [2.05, 4.69) is 0 Å². The molecule has 0 aliphatic rings. The molecular formula is H4F4N4Si. The Morgan fingerprint density at radius 1 is 0.667 bits per heavy atom. The van der Waals surface area contributed by atoms with Crippen molar-refractivity contribution < 1.29 is 17.9 Å². The normalized spacial score (nSPS) is 12.0. The molecule has 0 fully saturated rings. The van der Waals surface area contributed by atoms with E-state index >= 15 is 0 Å². The van der Waals surface area contributed by atoms with Crippen molar-refractivity contribution in [3.8, 4) is 0 Å². The largest absolute Gasteiger partial charge is 0.478 e. The van der Waals surface area contributed by atoms with Crippen molar-refractivity contribution in [2.75, 3.05) is 0 Å². The maximum atomic E-state index is 11.2. The first-order chi connectivity index (χ1) is 4.24. The quantitative estimate of drug-likeness (QED) is 0.252. The molecule has 4 N–H and O–H groups in total. The average molecular weight is 164 g/mol. The van der Waals surface area contributed by atoms with Crippen LogP contribution < -0.4 is 20.8 Å². The van der Waals surface area contributed by atoms with E-state index in [9.17, 15) is 17.9 Å². The SMILES string of the molecule is FN[Si](NF)(NF)NF. The van der Waals surface area contributed by atoms with Crippen LogP contribution in [0.5, 0.6) is 0 Å². The highest BCUT2D eigenvalue weighted by Gasteiger charge is 2.38. The third-order valence-electron chi connectivity index (χ3n) is 0.567. The molecule has 56 valence electrons. The molecule has 0 atom stereocenters. The molecule has 9 heavy (non-hydrogen) atoms. The van der Waals surface area contributed by atoms with E-state index in [1.807, 2.05) is 0 Å².